The molecule has 6 atom stereocenters. The molecule has 4 aliphatic rings. The van der Waals surface area contributed by atoms with E-state index in [-0.39, 0.29) is 40.8 Å². The highest BCUT2D eigenvalue weighted by atomic mass is 16.6. The van der Waals surface area contributed by atoms with Gasteiger partial charge in [-0.15, -0.1) is 0 Å². The van der Waals surface area contributed by atoms with Crippen molar-refractivity contribution in [1.29, 1.82) is 0 Å². The van der Waals surface area contributed by atoms with Crippen LogP contribution in [0.3, 0.4) is 0 Å². The molecule has 0 saturated heterocycles. The number of carbonyl (C=O) groups is 2. The van der Waals surface area contributed by atoms with Crippen molar-refractivity contribution < 1.29 is 19.2 Å². The maximum absolute atomic E-state index is 12.2. The summed E-state index contributed by atoms with van der Waals surface area (Å²) in [5.41, 5.74) is 0.476. The minimum Gasteiger partial charge on any atom is -0.462 e. The number of ketones is 1. The number of allylic oxidation sites excluding steroid dienone is 1. The van der Waals surface area contributed by atoms with Crippen molar-refractivity contribution in [3.05, 3.63) is 21.4 Å². The molecular weight excluding hydrogens is 346 g/mol. The van der Waals surface area contributed by atoms with Crippen LogP contribution in [0.4, 0.5) is 0 Å². The SMILES string of the molecule is CC(=O)O[C@H]1CCC2C3CCC4=C([N+](=O)[O-])C(=O)CCC4(C)C3CCC21C. The smallest absolute Gasteiger partial charge is 0.311 e. The molecule has 0 aromatic rings. The first-order valence-corrected chi connectivity index (χ1v) is 10.3. The fraction of sp³-hybridized carbons (Fsp3) is 0.810. The van der Waals surface area contributed by atoms with Crippen LogP contribution < -0.4 is 0 Å². The highest BCUT2D eigenvalue weighted by Gasteiger charge is 2.61. The largest absolute Gasteiger partial charge is 0.462 e. The number of nitro groups is 1. The summed E-state index contributed by atoms with van der Waals surface area (Å²) in [6, 6.07) is 0. The van der Waals surface area contributed by atoms with Gasteiger partial charge in [-0.3, -0.25) is 19.7 Å². The van der Waals surface area contributed by atoms with Crippen molar-refractivity contribution in [1.82, 2.24) is 0 Å². The first-order chi connectivity index (χ1) is 12.7. The van der Waals surface area contributed by atoms with Gasteiger partial charge in [-0.25, -0.2) is 0 Å². The number of fused-ring (bicyclic) bond motifs is 5. The molecule has 0 aromatic carbocycles. The lowest BCUT2D eigenvalue weighted by molar-refractivity contribution is -0.422. The van der Waals surface area contributed by atoms with Crippen LogP contribution in [-0.2, 0) is 14.3 Å². The average Bonchev–Trinajstić information content (AvgIpc) is 2.91. The van der Waals surface area contributed by atoms with E-state index in [0.29, 0.717) is 24.2 Å². The van der Waals surface area contributed by atoms with E-state index >= 15 is 0 Å². The lowest BCUT2D eigenvalue weighted by Crippen LogP contribution is -2.52. The van der Waals surface area contributed by atoms with E-state index in [2.05, 4.69) is 13.8 Å². The monoisotopic (exact) mass is 375 g/mol. The van der Waals surface area contributed by atoms with Gasteiger partial charge in [0.2, 0.25) is 5.78 Å². The first-order valence-electron chi connectivity index (χ1n) is 10.3. The van der Waals surface area contributed by atoms with Crippen LogP contribution in [0, 0.1) is 38.7 Å². The summed E-state index contributed by atoms with van der Waals surface area (Å²) < 4.78 is 5.68. The zero-order valence-electron chi connectivity index (χ0n) is 16.5. The predicted octanol–water partition coefficient (Wildman–Crippen LogP) is 4.05. The highest BCUT2D eigenvalue weighted by Crippen LogP contribution is 2.66. The third-order valence-electron chi connectivity index (χ3n) is 8.50. The van der Waals surface area contributed by atoms with Crippen LogP contribution in [-0.4, -0.2) is 22.8 Å². The molecule has 3 fully saturated rings. The molecule has 0 heterocycles. The van der Waals surface area contributed by atoms with Crippen LogP contribution in [0.1, 0.15) is 72.1 Å². The van der Waals surface area contributed by atoms with Gasteiger partial charge in [-0.2, -0.15) is 0 Å². The number of hydrogen-bond acceptors (Lipinski definition) is 5. The topological polar surface area (TPSA) is 86.5 Å². The van der Waals surface area contributed by atoms with Gasteiger partial charge in [-0.1, -0.05) is 13.8 Å². The van der Waals surface area contributed by atoms with Crippen molar-refractivity contribution >= 4 is 11.8 Å². The fourth-order valence-corrected chi connectivity index (χ4v) is 7.24. The maximum Gasteiger partial charge on any atom is 0.311 e. The van der Waals surface area contributed by atoms with Crippen LogP contribution in [0.25, 0.3) is 0 Å². The second-order valence-electron chi connectivity index (χ2n) is 9.56. The lowest BCUT2D eigenvalue weighted by Gasteiger charge is -2.57. The molecule has 27 heavy (non-hydrogen) atoms. The molecule has 3 saturated carbocycles. The zero-order valence-corrected chi connectivity index (χ0v) is 16.5. The van der Waals surface area contributed by atoms with E-state index < -0.39 is 4.92 Å². The number of carbonyl (C=O) groups excluding carboxylic acids is 2. The molecule has 148 valence electrons. The van der Waals surface area contributed by atoms with Crippen molar-refractivity contribution in [2.45, 2.75) is 78.2 Å². The van der Waals surface area contributed by atoms with Crippen LogP contribution in [0.15, 0.2) is 11.3 Å². The molecular formula is C21H29NO5. The Labute approximate surface area is 159 Å². The fourth-order valence-electron chi connectivity index (χ4n) is 7.24. The Kier molecular flexibility index (Phi) is 4.24. The summed E-state index contributed by atoms with van der Waals surface area (Å²) in [4.78, 5) is 34.9. The Morgan fingerprint density at radius 3 is 2.52 bits per heavy atom. The number of Topliss-reactive ketones (excluding diaryl/α,β-unsaturated/α-hetero) is 1. The molecule has 0 N–H and O–H groups in total. The van der Waals surface area contributed by atoms with E-state index in [4.69, 9.17) is 4.74 Å². The lowest BCUT2D eigenvalue weighted by atomic mass is 9.47. The molecule has 5 unspecified atom stereocenters. The first kappa shape index (κ1) is 18.6. The second kappa shape index (κ2) is 6.14. The van der Waals surface area contributed by atoms with Gasteiger partial charge in [0.25, 0.3) is 0 Å². The van der Waals surface area contributed by atoms with E-state index in [0.717, 1.165) is 44.1 Å². The van der Waals surface area contributed by atoms with Crippen molar-refractivity contribution in [3.8, 4) is 0 Å². The van der Waals surface area contributed by atoms with Gasteiger partial charge in [-0.05, 0) is 68.1 Å². The Bertz CT molecular complexity index is 743. The quantitative estimate of drug-likeness (QED) is 0.413. The van der Waals surface area contributed by atoms with Gasteiger partial charge in [0.05, 0.1) is 4.92 Å². The number of hydrogen-bond donors (Lipinski definition) is 0. The molecule has 6 nitrogen and oxygen atoms in total. The van der Waals surface area contributed by atoms with Gasteiger partial charge in [0.1, 0.15) is 6.10 Å². The van der Waals surface area contributed by atoms with Crippen molar-refractivity contribution in [2.24, 2.45) is 28.6 Å². The van der Waals surface area contributed by atoms with Gasteiger partial charge >= 0.3 is 11.7 Å². The summed E-state index contributed by atoms with van der Waals surface area (Å²) in [7, 11) is 0. The van der Waals surface area contributed by atoms with Gasteiger partial charge < -0.3 is 4.74 Å². The average molecular weight is 375 g/mol. The predicted molar refractivity (Wildman–Crippen MR) is 98.2 cm³/mol. The molecule has 4 rings (SSSR count). The summed E-state index contributed by atoms with van der Waals surface area (Å²) in [5.74, 6) is 0.891. The van der Waals surface area contributed by atoms with E-state index in [9.17, 15) is 19.7 Å². The van der Waals surface area contributed by atoms with Crippen LogP contribution in [0.5, 0.6) is 0 Å². The van der Waals surface area contributed by atoms with Crippen molar-refractivity contribution in [2.75, 3.05) is 0 Å². The summed E-state index contributed by atoms with van der Waals surface area (Å²) in [6.45, 7) is 5.92. The van der Waals surface area contributed by atoms with Gasteiger partial charge in [0, 0.05) is 24.3 Å². The Hall–Kier alpha value is -1.72. The molecule has 4 aliphatic carbocycles. The molecule has 0 bridgehead atoms. The second-order valence-corrected chi connectivity index (χ2v) is 9.56. The van der Waals surface area contributed by atoms with E-state index in [1.165, 1.54) is 6.92 Å². The molecule has 0 radical (unpaired) electrons. The van der Waals surface area contributed by atoms with Crippen LogP contribution in [0.2, 0.25) is 0 Å². The van der Waals surface area contributed by atoms with Gasteiger partial charge in [0.15, 0.2) is 0 Å². The third kappa shape index (κ3) is 2.59. The summed E-state index contributed by atoms with van der Waals surface area (Å²) in [6.07, 6.45) is 6.54. The van der Waals surface area contributed by atoms with E-state index in [1.54, 1.807) is 0 Å². The minimum atomic E-state index is -0.436. The van der Waals surface area contributed by atoms with Crippen LogP contribution >= 0.6 is 0 Å². The van der Waals surface area contributed by atoms with Crippen molar-refractivity contribution in [3.63, 3.8) is 0 Å². The zero-order chi connectivity index (χ0) is 19.6. The normalized spacial score (nSPS) is 43.6. The number of esters is 1. The standard InChI is InChI=1S/C21H29NO5/c1-12(23)27-18-7-6-14-13-4-5-16-19(22(25)26)17(24)9-11-20(16,2)15(13)8-10-21(14,18)3/h13-15,18H,4-11H2,1-3H3/t13?,14?,15?,18-,20?,21?/m0/s1. The Balaban J connectivity index is 1.68. The summed E-state index contributed by atoms with van der Waals surface area (Å²) >= 11 is 0. The third-order valence-corrected chi connectivity index (χ3v) is 8.50. The Morgan fingerprint density at radius 2 is 1.85 bits per heavy atom. The highest BCUT2D eigenvalue weighted by molar-refractivity contribution is 5.95. The Morgan fingerprint density at radius 1 is 1.11 bits per heavy atom. The number of nitrogens with zero attached hydrogens (tertiary/aromatic N) is 1. The maximum atomic E-state index is 12.2. The number of ether oxygens (including phenoxy) is 1. The van der Waals surface area contributed by atoms with E-state index in [1.807, 2.05) is 0 Å². The summed E-state index contributed by atoms with van der Waals surface area (Å²) in [5, 5.41) is 11.6. The molecule has 6 heteroatoms. The number of rotatable bonds is 2. The molecule has 0 aliphatic heterocycles. The molecule has 0 amide bonds. The molecule has 0 spiro atoms. The minimum absolute atomic E-state index is 0.00651. The molecule has 0 aromatic heterocycles.